The number of hydrogen-bond donors (Lipinski definition) is 0. The molecular formula is C21H17ClF3NO5. The number of ether oxygens (including phenoxy) is 3. The van der Waals surface area contributed by atoms with Crippen molar-refractivity contribution in [3.63, 3.8) is 0 Å². The van der Waals surface area contributed by atoms with Crippen molar-refractivity contribution in [1.29, 1.82) is 0 Å². The van der Waals surface area contributed by atoms with Crippen LogP contribution in [0.1, 0.15) is 18.1 Å². The van der Waals surface area contributed by atoms with E-state index >= 15 is 0 Å². The van der Waals surface area contributed by atoms with Crippen molar-refractivity contribution in [2.45, 2.75) is 19.2 Å². The van der Waals surface area contributed by atoms with Gasteiger partial charge in [-0.3, -0.25) is 0 Å². The molecule has 2 aromatic carbocycles. The van der Waals surface area contributed by atoms with Crippen LogP contribution in [-0.4, -0.2) is 32.0 Å². The molecule has 0 spiro atoms. The molecule has 0 N–H and O–H groups in total. The second kappa shape index (κ2) is 10.6. The summed E-state index contributed by atoms with van der Waals surface area (Å²) in [6.45, 7) is 1.43. The molecule has 0 heterocycles. The molecular weight excluding hydrogens is 439 g/mol. The van der Waals surface area contributed by atoms with Crippen molar-refractivity contribution in [1.82, 2.24) is 0 Å². The topological polar surface area (TPSA) is 66.3 Å². The minimum absolute atomic E-state index is 0.000374. The Morgan fingerprint density at radius 3 is 2.61 bits per heavy atom. The van der Waals surface area contributed by atoms with Gasteiger partial charge >= 0.3 is 12.1 Å². The van der Waals surface area contributed by atoms with Crippen LogP contribution in [0.2, 0.25) is 5.02 Å². The van der Waals surface area contributed by atoms with Crippen LogP contribution in [0.4, 0.5) is 13.2 Å². The second-order valence-electron chi connectivity index (χ2n) is 5.94. The van der Waals surface area contributed by atoms with Gasteiger partial charge in [0.1, 0.15) is 17.2 Å². The van der Waals surface area contributed by atoms with Gasteiger partial charge in [0.15, 0.2) is 12.7 Å². The van der Waals surface area contributed by atoms with Crippen molar-refractivity contribution in [3.05, 3.63) is 52.5 Å². The number of nitrogens with zero attached hydrogens (tertiary/aromatic N) is 1. The van der Waals surface area contributed by atoms with Crippen LogP contribution in [0.3, 0.4) is 0 Å². The fraction of sp³-hybridized carbons (Fsp3) is 0.238. The molecule has 0 aliphatic rings. The number of carbonyl (C=O) groups excluding carboxylic acids is 1. The van der Waals surface area contributed by atoms with E-state index in [2.05, 4.69) is 15.8 Å². The van der Waals surface area contributed by atoms with E-state index in [1.165, 1.54) is 38.4 Å². The van der Waals surface area contributed by atoms with Gasteiger partial charge in [-0.25, -0.2) is 4.79 Å². The third kappa shape index (κ3) is 6.83. The van der Waals surface area contributed by atoms with Crippen molar-refractivity contribution < 1.29 is 37.0 Å². The number of terminal acetylenes is 1. The molecule has 0 fully saturated rings. The van der Waals surface area contributed by atoms with Gasteiger partial charge in [0.25, 0.3) is 0 Å². The summed E-state index contributed by atoms with van der Waals surface area (Å²) in [5, 5.41) is 3.46. The first-order chi connectivity index (χ1) is 14.7. The average Bonchev–Trinajstić information content (AvgIpc) is 2.72. The van der Waals surface area contributed by atoms with E-state index in [4.69, 9.17) is 32.3 Å². The van der Waals surface area contributed by atoms with Gasteiger partial charge in [-0.05, 0) is 37.3 Å². The van der Waals surface area contributed by atoms with Crippen LogP contribution >= 0.6 is 11.6 Å². The van der Waals surface area contributed by atoms with Gasteiger partial charge < -0.3 is 19.0 Å². The van der Waals surface area contributed by atoms with Gasteiger partial charge in [0.2, 0.25) is 0 Å². The first-order valence-corrected chi connectivity index (χ1v) is 9.05. The zero-order chi connectivity index (χ0) is 23.0. The Kier molecular flexibility index (Phi) is 8.16. The van der Waals surface area contributed by atoms with Crippen molar-refractivity contribution in [2.24, 2.45) is 5.16 Å². The fourth-order valence-corrected chi connectivity index (χ4v) is 2.47. The Morgan fingerprint density at radius 2 is 2.00 bits per heavy atom. The molecule has 1 unspecified atom stereocenters. The van der Waals surface area contributed by atoms with Crippen molar-refractivity contribution in [3.8, 4) is 29.6 Å². The van der Waals surface area contributed by atoms with Crippen LogP contribution in [-0.2, 0) is 20.5 Å². The summed E-state index contributed by atoms with van der Waals surface area (Å²) in [6, 6.07) is 7.17. The molecule has 0 amide bonds. The summed E-state index contributed by atoms with van der Waals surface area (Å²) in [7, 11) is 1.21. The molecule has 2 rings (SSSR count). The molecule has 1 atom stereocenters. The summed E-state index contributed by atoms with van der Waals surface area (Å²) in [5.41, 5.74) is -0.488. The summed E-state index contributed by atoms with van der Waals surface area (Å²) in [4.78, 5) is 16.5. The zero-order valence-electron chi connectivity index (χ0n) is 16.4. The highest BCUT2D eigenvalue weighted by Crippen LogP contribution is 2.37. The SMILES string of the molecule is C#CCON=Cc1ccc(Oc2ccc(C(F)(F)F)cc2Cl)cc1OC(C)C(=O)OC. The predicted molar refractivity (Wildman–Crippen MR) is 107 cm³/mol. The number of carbonyl (C=O) groups is 1. The van der Waals surface area contributed by atoms with E-state index in [9.17, 15) is 18.0 Å². The molecule has 2 aromatic rings. The van der Waals surface area contributed by atoms with Gasteiger partial charge in [-0.15, -0.1) is 6.42 Å². The standard InChI is InChI=1S/C21H17ClF3NO5/c1-4-9-29-26-12-14-5-7-16(11-19(14)30-13(2)20(27)28-3)31-18-8-6-15(10-17(18)22)21(23,24)25/h1,5-8,10-13H,9H2,2-3H3. The number of alkyl halides is 3. The minimum atomic E-state index is -4.53. The normalized spacial score (nSPS) is 12.2. The van der Waals surface area contributed by atoms with Crippen LogP contribution < -0.4 is 9.47 Å². The first-order valence-electron chi connectivity index (χ1n) is 8.67. The van der Waals surface area contributed by atoms with Crippen LogP contribution in [0, 0.1) is 12.3 Å². The molecule has 6 nitrogen and oxygen atoms in total. The molecule has 0 aromatic heterocycles. The van der Waals surface area contributed by atoms with Crippen molar-refractivity contribution >= 4 is 23.8 Å². The molecule has 31 heavy (non-hydrogen) atoms. The lowest BCUT2D eigenvalue weighted by molar-refractivity contribution is -0.148. The zero-order valence-corrected chi connectivity index (χ0v) is 17.2. The van der Waals surface area contributed by atoms with Crippen LogP contribution in [0.25, 0.3) is 0 Å². The van der Waals surface area contributed by atoms with E-state index < -0.39 is 23.8 Å². The molecule has 0 radical (unpaired) electrons. The Bertz CT molecular complexity index is 1000. The number of rotatable bonds is 8. The number of halogens is 4. The maximum atomic E-state index is 12.8. The number of hydrogen-bond acceptors (Lipinski definition) is 6. The minimum Gasteiger partial charge on any atom is -0.478 e. The first kappa shape index (κ1) is 23.9. The summed E-state index contributed by atoms with van der Waals surface area (Å²) in [5.74, 6) is 1.99. The van der Waals surface area contributed by atoms with E-state index in [-0.39, 0.29) is 28.9 Å². The van der Waals surface area contributed by atoms with E-state index in [0.29, 0.717) is 5.56 Å². The number of benzene rings is 2. The van der Waals surface area contributed by atoms with Crippen LogP contribution in [0.5, 0.6) is 17.2 Å². The Hall–Kier alpha value is -3.38. The van der Waals surface area contributed by atoms with E-state index in [1.54, 1.807) is 0 Å². The Balaban J connectivity index is 2.32. The average molecular weight is 456 g/mol. The van der Waals surface area contributed by atoms with Gasteiger partial charge in [-0.2, -0.15) is 13.2 Å². The largest absolute Gasteiger partial charge is 0.478 e. The van der Waals surface area contributed by atoms with E-state index in [0.717, 1.165) is 18.2 Å². The van der Waals surface area contributed by atoms with E-state index in [1.807, 2.05) is 0 Å². The number of methoxy groups -OCH3 is 1. The second-order valence-corrected chi connectivity index (χ2v) is 6.35. The molecule has 0 aliphatic heterocycles. The van der Waals surface area contributed by atoms with Crippen LogP contribution in [0.15, 0.2) is 41.6 Å². The summed E-state index contributed by atoms with van der Waals surface area (Å²) < 4.78 is 54.2. The molecule has 164 valence electrons. The molecule has 0 aliphatic carbocycles. The lowest BCUT2D eigenvalue weighted by atomic mass is 10.2. The highest BCUT2D eigenvalue weighted by molar-refractivity contribution is 6.32. The third-order valence-corrected chi connectivity index (χ3v) is 4.02. The molecule has 10 heteroatoms. The van der Waals surface area contributed by atoms with Gasteiger partial charge in [-0.1, -0.05) is 22.7 Å². The quantitative estimate of drug-likeness (QED) is 0.183. The lowest BCUT2D eigenvalue weighted by Gasteiger charge is -2.16. The number of oxime groups is 1. The van der Waals surface area contributed by atoms with Crippen molar-refractivity contribution in [2.75, 3.05) is 13.7 Å². The monoisotopic (exact) mass is 455 g/mol. The highest BCUT2D eigenvalue weighted by Gasteiger charge is 2.31. The molecule has 0 bridgehead atoms. The molecule has 0 saturated heterocycles. The lowest BCUT2D eigenvalue weighted by Crippen LogP contribution is -2.25. The summed E-state index contributed by atoms with van der Waals surface area (Å²) >= 11 is 5.93. The fourth-order valence-electron chi connectivity index (χ4n) is 2.25. The maximum absolute atomic E-state index is 12.8. The Labute approximate surface area is 181 Å². The summed E-state index contributed by atoms with van der Waals surface area (Å²) in [6.07, 6.45) is 0.891. The molecule has 0 saturated carbocycles. The predicted octanol–water partition coefficient (Wildman–Crippen LogP) is 5.08. The number of esters is 1. The smallest absolute Gasteiger partial charge is 0.416 e. The maximum Gasteiger partial charge on any atom is 0.416 e. The third-order valence-electron chi connectivity index (χ3n) is 3.72. The van der Waals surface area contributed by atoms with Gasteiger partial charge in [0.05, 0.1) is 23.9 Å². The Morgan fingerprint density at radius 1 is 1.26 bits per heavy atom. The highest BCUT2D eigenvalue weighted by atomic mass is 35.5. The van der Waals surface area contributed by atoms with Gasteiger partial charge in [0, 0.05) is 11.6 Å².